The van der Waals surface area contributed by atoms with Gasteiger partial charge in [-0.2, -0.15) is 13.2 Å². The highest BCUT2D eigenvalue weighted by Crippen LogP contribution is 2.30. The monoisotopic (exact) mass is 570 g/mol. The van der Waals surface area contributed by atoms with Gasteiger partial charge in [-0.25, -0.2) is 4.99 Å². The summed E-state index contributed by atoms with van der Waals surface area (Å²) in [5, 5.41) is 20.4. The first kappa shape index (κ1) is 28.0. The van der Waals surface area contributed by atoms with E-state index in [0.717, 1.165) is 42.0 Å². The Bertz CT molecular complexity index is 820. The molecule has 0 radical (unpaired) electrons. The fourth-order valence-corrected chi connectivity index (χ4v) is 2.82. The second-order valence-corrected chi connectivity index (χ2v) is 6.80. The SMILES string of the molecule is CCNC(=NCc1c(CC)noc1CC)NCC(O)COc1ccc(C(F)(F)F)cc1.I. The van der Waals surface area contributed by atoms with Gasteiger partial charge in [0, 0.05) is 25.1 Å². The molecule has 1 aromatic carbocycles. The predicted octanol–water partition coefficient (Wildman–Crippen LogP) is 3.93. The third kappa shape index (κ3) is 8.49. The van der Waals surface area contributed by atoms with Gasteiger partial charge in [0.1, 0.15) is 24.2 Å². The van der Waals surface area contributed by atoms with Crippen molar-refractivity contribution in [2.24, 2.45) is 4.99 Å². The molecule has 0 aliphatic rings. The van der Waals surface area contributed by atoms with Gasteiger partial charge in [-0.1, -0.05) is 19.0 Å². The predicted molar refractivity (Wildman–Crippen MR) is 126 cm³/mol. The summed E-state index contributed by atoms with van der Waals surface area (Å²) in [5.74, 6) is 1.57. The summed E-state index contributed by atoms with van der Waals surface area (Å²) in [6.45, 7) is 7.01. The van der Waals surface area contributed by atoms with Crippen molar-refractivity contribution in [3.63, 3.8) is 0 Å². The van der Waals surface area contributed by atoms with Crippen LogP contribution >= 0.6 is 24.0 Å². The zero-order valence-electron chi connectivity index (χ0n) is 18.3. The number of nitrogens with one attached hydrogen (secondary N) is 2. The summed E-state index contributed by atoms with van der Waals surface area (Å²) in [7, 11) is 0. The van der Waals surface area contributed by atoms with E-state index in [4.69, 9.17) is 9.26 Å². The van der Waals surface area contributed by atoms with Crippen molar-refractivity contribution in [2.45, 2.75) is 52.4 Å². The van der Waals surface area contributed by atoms with E-state index in [1.165, 1.54) is 12.1 Å². The van der Waals surface area contributed by atoms with E-state index in [1.54, 1.807) is 0 Å². The summed E-state index contributed by atoms with van der Waals surface area (Å²) in [6, 6.07) is 4.33. The maximum atomic E-state index is 12.6. The van der Waals surface area contributed by atoms with Crippen molar-refractivity contribution in [3.05, 3.63) is 46.8 Å². The first-order chi connectivity index (χ1) is 14.8. The molecule has 0 bridgehead atoms. The van der Waals surface area contributed by atoms with Crippen LogP contribution in [0.4, 0.5) is 13.2 Å². The molecule has 0 aliphatic carbocycles. The van der Waals surface area contributed by atoms with Crippen LogP contribution in [0.25, 0.3) is 0 Å². The van der Waals surface area contributed by atoms with Gasteiger partial charge < -0.3 is 25.0 Å². The number of aromatic nitrogens is 1. The minimum absolute atomic E-state index is 0. The van der Waals surface area contributed by atoms with E-state index in [9.17, 15) is 18.3 Å². The van der Waals surface area contributed by atoms with E-state index >= 15 is 0 Å². The number of aliphatic imine (C=N–C) groups is 1. The topological polar surface area (TPSA) is 91.9 Å². The molecular weight excluding hydrogens is 540 g/mol. The average molecular weight is 570 g/mol. The number of alkyl halides is 3. The van der Waals surface area contributed by atoms with Gasteiger partial charge in [-0.05, 0) is 37.6 Å². The summed E-state index contributed by atoms with van der Waals surface area (Å²) in [5.41, 5.74) is 1.09. The number of aliphatic hydroxyl groups is 1. The van der Waals surface area contributed by atoms with Gasteiger partial charge >= 0.3 is 6.18 Å². The number of nitrogens with zero attached hydrogens (tertiary/aromatic N) is 2. The molecule has 0 amide bonds. The lowest BCUT2D eigenvalue weighted by Gasteiger charge is -2.16. The molecule has 1 heterocycles. The first-order valence-corrected chi connectivity index (χ1v) is 10.2. The van der Waals surface area contributed by atoms with Crippen molar-refractivity contribution in [1.82, 2.24) is 15.8 Å². The summed E-state index contributed by atoms with van der Waals surface area (Å²) >= 11 is 0. The number of rotatable bonds is 10. The highest BCUT2D eigenvalue weighted by molar-refractivity contribution is 14.0. The lowest BCUT2D eigenvalue weighted by atomic mass is 10.1. The number of benzene rings is 1. The average Bonchev–Trinajstić information content (AvgIpc) is 3.15. The Hall–Kier alpha value is -2.02. The number of aliphatic hydroxyl groups excluding tert-OH is 1. The maximum absolute atomic E-state index is 12.6. The maximum Gasteiger partial charge on any atom is 0.416 e. The van der Waals surface area contributed by atoms with Crippen LogP contribution in [0.5, 0.6) is 5.75 Å². The minimum atomic E-state index is -4.40. The molecule has 0 aliphatic heterocycles. The molecule has 2 aromatic rings. The zero-order valence-corrected chi connectivity index (χ0v) is 20.7. The van der Waals surface area contributed by atoms with E-state index in [0.29, 0.717) is 19.0 Å². The summed E-state index contributed by atoms with van der Waals surface area (Å²) < 4.78 is 48.5. The Morgan fingerprint density at radius 1 is 1.16 bits per heavy atom. The van der Waals surface area contributed by atoms with Crippen molar-refractivity contribution in [1.29, 1.82) is 0 Å². The van der Waals surface area contributed by atoms with Crippen LogP contribution in [-0.2, 0) is 25.6 Å². The number of halogens is 4. The number of hydrogen-bond donors (Lipinski definition) is 3. The molecule has 1 aromatic heterocycles. The Morgan fingerprint density at radius 3 is 2.41 bits per heavy atom. The van der Waals surface area contributed by atoms with Crippen molar-refractivity contribution in [3.8, 4) is 5.75 Å². The normalized spacial score (nSPS) is 12.8. The van der Waals surface area contributed by atoms with Gasteiger partial charge in [-0.15, -0.1) is 24.0 Å². The van der Waals surface area contributed by atoms with Crippen LogP contribution in [0.15, 0.2) is 33.8 Å². The fourth-order valence-electron chi connectivity index (χ4n) is 2.82. The van der Waals surface area contributed by atoms with Crippen molar-refractivity contribution >= 4 is 29.9 Å². The molecule has 32 heavy (non-hydrogen) atoms. The quantitative estimate of drug-likeness (QED) is 0.228. The molecule has 7 nitrogen and oxygen atoms in total. The van der Waals surface area contributed by atoms with E-state index in [1.807, 2.05) is 20.8 Å². The van der Waals surface area contributed by atoms with Crippen LogP contribution in [0.3, 0.4) is 0 Å². The molecule has 180 valence electrons. The van der Waals surface area contributed by atoms with Gasteiger partial charge in [-0.3, -0.25) is 0 Å². The highest BCUT2D eigenvalue weighted by Gasteiger charge is 2.30. The van der Waals surface area contributed by atoms with Gasteiger partial charge in [0.2, 0.25) is 0 Å². The Labute approximate surface area is 202 Å². The summed E-state index contributed by atoms with van der Waals surface area (Å²) in [4.78, 5) is 4.53. The molecule has 2 rings (SSSR count). The Balaban J connectivity index is 0.00000512. The zero-order chi connectivity index (χ0) is 22.9. The lowest BCUT2D eigenvalue weighted by Crippen LogP contribution is -2.42. The van der Waals surface area contributed by atoms with Crippen LogP contribution in [0.2, 0.25) is 0 Å². The van der Waals surface area contributed by atoms with E-state index < -0.39 is 17.8 Å². The number of ether oxygens (including phenoxy) is 1. The molecule has 0 fully saturated rings. The lowest BCUT2D eigenvalue weighted by molar-refractivity contribution is -0.137. The minimum Gasteiger partial charge on any atom is -0.491 e. The second kappa shape index (κ2) is 13.5. The fraction of sp³-hybridized carbons (Fsp3) is 0.524. The largest absolute Gasteiger partial charge is 0.491 e. The van der Waals surface area contributed by atoms with Gasteiger partial charge in [0.15, 0.2) is 5.96 Å². The third-order valence-electron chi connectivity index (χ3n) is 4.48. The molecule has 0 saturated carbocycles. The van der Waals surface area contributed by atoms with E-state index in [-0.39, 0.29) is 42.9 Å². The number of guanidine groups is 1. The van der Waals surface area contributed by atoms with Crippen LogP contribution in [0.1, 0.15) is 43.4 Å². The molecule has 0 spiro atoms. The van der Waals surface area contributed by atoms with Gasteiger partial charge in [0.05, 0.1) is 17.8 Å². The molecule has 0 saturated heterocycles. The molecule has 1 atom stereocenters. The standard InChI is InChI=1S/C21H29F3N4O3.HI/c1-4-18-17(19(5-2)31-28-18)12-27-20(25-6-3)26-11-15(29)13-30-16-9-7-14(8-10-16)21(22,23)24;/h7-10,15,29H,4-6,11-13H2,1-3H3,(H2,25,26,27);1H. The van der Waals surface area contributed by atoms with Crippen LogP contribution < -0.4 is 15.4 Å². The van der Waals surface area contributed by atoms with Crippen LogP contribution in [-0.4, -0.2) is 42.0 Å². The molecule has 3 N–H and O–H groups in total. The molecule has 1 unspecified atom stereocenters. The third-order valence-corrected chi connectivity index (χ3v) is 4.48. The molecular formula is C21H30F3IN4O3. The van der Waals surface area contributed by atoms with Crippen LogP contribution in [0, 0.1) is 0 Å². The summed E-state index contributed by atoms with van der Waals surface area (Å²) in [6.07, 6.45) is -3.81. The van der Waals surface area contributed by atoms with Crippen molar-refractivity contribution in [2.75, 3.05) is 19.7 Å². The van der Waals surface area contributed by atoms with E-state index in [2.05, 4.69) is 20.8 Å². The number of aryl methyl sites for hydroxylation is 2. The number of hydrogen-bond acceptors (Lipinski definition) is 5. The van der Waals surface area contributed by atoms with Crippen molar-refractivity contribution < 1.29 is 27.5 Å². The molecule has 11 heteroatoms. The Kier molecular flexibility index (Phi) is 11.8. The van der Waals surface area contributed by atoms with Gasteiger partial charge in [0.25, 0.3) is 0 Å². The Morgan fingerprint density at radius 2 is 1.84 bits per heavy atom. The smallest absolute Gasteiger partial charge is 0.416 e. The second-order valence-electron chi connectivity index (χ2n) is 6.80. The first-order valence-electron chi connectivity index (χ1n) is 10.2. The highest BCUT2D eigenvalue weighted by atomic mass is 127.